The van der Waals surface area contributed by atoms with Crippen LogP contribution in [-0.2, 0) is 0 Å². The Morgan fingerprint density at radius 2 is 1.22 bits per heavy atom. The van der Waals surface area contributed by atoms with Crippen LogP contribution in [0.25, 0.3) is 0 Å². The molecule has 0 aromatic rings. The van der Waals surface area contributed by atoms with Crippen LogP contribution < -0.4 is 11.5 Å². The molecule has 3 saturated carbocycles. The summed E-state index contributed by atoms with van der Waals surface area (Å²) in [5.41, 5.74) is 12.6. The Morgan fingerprint density at radius 3 is 1.91 bits per heavy atom. The Balaban J connectivity index is 1.44. The summed E-state index contributed by atoms with van der Waals surface area (Å²) in [7, 11) is 0. The summed E-state index contributed by atoms with van der Waals surface area (Å²) in [5.74, 6) is 4.69. The van der Waals surface area contributed by atoms with E-state index in [4.69, 9.17) is 11.5 Å². The van der Waals surface area contributed by atoms with Crippen LogP contribution in [0.3, 0.4) is 0 Å². The van der Waals surface area contributed by atoms with Crippen molar-refractivity contribution in [2.24, 2.45) is 41.1 Å². The Morgan fingerprint density at radius 1 is 0.652 bits per heavy atom. The van der Waals surface area contributed by atoms with Gasteiger partial charge in [-0.05, 0) is 87.4 Å². The zero-order valence-corrected chi connectivity index (χ0v) is 15.4. The smallest absolute Gasteiger partial charge is 0.00674 e. The minimum atomic E-state index is 0.491. The highest BCUT2D eigenvalue weighted by molar-refractivity contribution is 4.87. The summed E-state index contributed by atoms with van der Waals surface area (Å²) in [6.45, 7) is 2.43. The van der Waals surface area contributed by atoms with E-state index in [0.29, 0.717) is 12.1 Å². The van der Waals surface area contributed by atoms with Gasteiger partial charge in [-0.2, -0.15) is 0 Å². The van der Waals surface area contributed by atoms with Crippen molar-refractivity contribution in [1.82, 2.24) is 0 Å². The molecule has 23 heavy (non-hydrogen) atoms. The van der Waals surface area contributed by atoms with Gasteiger partial charge in [-0.3, -0.25) is 0 Å². The van der Waals surface area contributed by atoms with Gasteiger partial charge in [0.15, 0.2) is 0 Å². The van der Waals surface area contributed by atoms with E-state index in [1.165, 1.54) is 83.5 Å². The molecular weight excluding hydrogens is 280 g/mol. The fraction of sp³-hybridized carbons (Fsp3) is 1.00. The highest BCUT2D eigenvalue weighted by Gasteiger charge is 2.32. The van der Waals surface area contributed by atoms with Crippen molar-refractivity contribution in [3.63, 3.8) is 0 Å². The highest BCUT2D eigenvalue weighted by atomic mass is 14.7. The van der Waals surface area contributed by atoms with Gasteiger partial charge >= 0.3 is 0 Å². The van der Waals surface area contributed by atoms with Crippen molar-refractivity contribution in [2.45, 2.75) is 102 Å². The minimum absolute atomic E-state index is 0.491. The maximum atomic E-state index is 6.52. The monoisotopic (exact) mass is 320 g/mol. The minimum Gasteiger partial charge on any atom is -0.328 e. The normalized spacial score (nSPS) is 45.8. The van der Waals surface area contributed by atoms with Crippen LogP contribution in [0, 0.1) is 29.6 Å². The summed E-state index contributed by atoms with van der Waals surface area (Å²) < 4.78 is 0. The summed E-state index contributed by atoms with van der Waals surface area (Å²) in [5, 5.41) is 0. The van der Waals surface area contributed by atoms with Crippen LogP contribution in [0.15, 0.2) is 0 Å². The van der Waals surface area contributed by atoms with E-state index >= 15 is 0 Å². The molecule has 134 valence electrons. The molecule has 0 heterocycles. The first-order chi connectivity index (χ1) is 11.1. The second kappa shape index (κ2) is 8.34. The molecule has 3 rings (SSSR count). The topological polar surface area (TPSA) is 52.0 Å². The zero-order valence-electron chi connectivity index (χ0n) is 15.4. The Bertz CT molecular complexity index is 340. The molecule has 0 bridgehead atoms. The van der Waals surface area contributed by atoms with Gasteiger partial charge in [0.05, 0.1) is 0 Å². The van der Waals surface area contributed by atoms with Gasteiger partial charge in [0.25, 0.3) is 0 Å². The maximum Gasteiger partial charge on any atom is 0.00674 e. The van der Waals surface area contributed by atoms with E-state index in [2.05, 4.69) is 6.92 Å². The Hall–Kier alpha value is -0.0800. The average Bonchev–Trinajstić information content (AvgIpc) is 2.55. The van der Waals surface area contributed by atoms with E-state index in [-0.39, 0.29) is 0 Å². The predicted octanol–water partition coefficient (Wildman–Crippen LogP) is 4.85. The molecule has 3 unspecified atom stereocenters. The standard InChI is InChI=1S/C21H40N2/c1-15-2-4-17(5-3-15)13-19-14-18(8-11-21(19)23)12-16-6-9-20(22)10-7-16/h15-21H,2-14,22-23H2,1H3. The largest absolute Gasteiger partial charge is 0.328 e. The third kappa shape index (κ3) is 5.19. The van der Waals surface area contributed by atoms with Gasteiger partial charge in [0.2, 0.25) is 0 Å². The van der Waals surface area contributed by atoms with E-state index in [1.807, 2.05) is 0 Å². The number of rotatable bonds is 4. The third-order valence-corrected chi connectivity index (χ3v) is 7.48. The van der Waals surface area contributed by atoms with Crippen LogP contribution in [0.1, 0.15) is 90.4 Å². The number of hydrogen-bond donors (Lipinski definition) is 2. The Labute approximate surface area is 144 Å². The first-order valence-corrected chi connectivity index (χ1v) is 10.6. The van der Waals surface area contributed by atoms with Crippen molar-refractivity contribution < 1.29 is 0 Å². The number of hydrogen-bond acceptors (Lipinski definition) is 2. The molecule has 3 atom stereocenters. The quantitative estimate of drug-likeness (QED) is 0.777. The van der Waals surface area contributed by atoms with Crippen molar-refractivity contribution in [1.29, 1.82) is 0 Å². The first kappa shape index (κ1) is 17.7. The summed E-state index contributed by atoms with van der Waals surface area (Å²) >= 11 is 0. The highest BCUT2D eigenvalue weighted by Crippen LogP contribution is 2.41. The lowest BCUT2D eigenvalue weighted by atomic mass is 9.68. The molecule has 0 spiro atoms. The molecule has 0 aliphatic heterocycles. The molecule has 3 aliphatic carbocycles. The predicted molar refractivity (Wildman–Crippen MR) is 99.1 cm³/mol. The van der Waals surface area contributed by atoms with Gasteiger partial charge < -0.3 is 11.5 Å². The Kier molecular flexibility index (Phi) is 6.43. The van der Waals surface area contributed by atoms with Gasteiger partial charge in [0, 0.05) is 12.1 Å². The fourth-order valence-corrected chi connectivity index (χ4v) is 5.76. The van der Waals surface area contributed by atoms with Gasteiger partial charge in [0.1, 0.15) is 0 Å². The molecule has 3 aliphatic rings. The summed E-state index contributed by atoms with van der Waals surface area (Å²) in [6, 6.07) is 0.984. The lowest BCUT2D eigenvalue weighted by Gasteiger charge is -2.39. The van der Waals surface area contributed by atoms with Crippen LogP contribution in [-0.4, -0.2) is 12.1 Å². The van der Waals surface area contributed by atoms with Crippen molar-refractivity contribution in [3.05, 3.63) is 0 Å². The molecule has 0 aromatic heterocycles. The molecule has 0 saturated heterocycles. The van der Waals surface area contributed by atoms with E-state index in [9.17, 15) is 0 Å². The van der Waals surface area contributed by atoms with Crippen LogP contribution in [0.4, 0.5) is 0 Å². The molecule has 2 nitrogen and oxygen atoms in total. The maximum absolute atomic E-state index is 6.52. The van der Waals surface area contributed by atoms with E-state index < -0.39 is 0 Å². The number of nitrogens with two attached hydrogens (primary N) is 2. The average molecular weight is 321 g/mol. The van der Waals surface area contributed by atoms with Crippen LogP contribution in [0.5, 0.6) is 0 Å². The van der Waals surface area contributed by atoms with Gasteiger partial charge in [-0.15, -0.1) is 0 Å². The summed E-state index contributed by atoms with van der Waals surface area (Å²) in [6.07, 6.45) is 18.1. The van der Waals surface area contributed by atoms with Crippen molar-refractivity contribution in [2.75, 3.05) is 0 Å². The fourth-order valence-electron chi connectivity index (χ4n) is 5.76. The third-order valence-electron chi connectivity index (χ3n) is 7.48. The molecular formula is C21H40N2. The summed E-state index contributed by atoms with van der Waals surface area (Å²) in [4.78, 5) is 0. The molecule has 0 amide bonds. The van der Waals surface area contributed by atoms with Gasteiger partial charge in [-0.1, -0.05) is 32.6 Å². The zero-order chi connectivity index (χ0) is 16.2. The molecule has 4 N–H and O–H groups in total. The second-order valence-electron chi connectivity index (χ2n) is 9.48. The van der Waals surface area contributed by atoms with Gasteiger partial charge in [-0.25, -0.2) is 0 Å². The van der Waals surface area contributed by atoms with E-state index in [0.717, 1.165) is 29.6 Å². The van der Waals surface area contributed by atoms with Crippen molar-refractivity contribution >= 4 is 0 Å². The van der Waals surface area contributed by atoms with Crippen molar-refractivity contribution in [3.8, 4) is 0 Å². The lowest BCUT2D eigenvalue weighted by molar-refractivity contribution is 0.147. The second-order valence-corrected chi connectivity index (χ2v) is 9.48. The lowest BCUT2D eigenvalue weighted by Crippen LogP contribution is -2.38. The van der Waals surface area contributed by atoms with E-state index in [1.54, 1.807) is 0 Å². The molecule has 0 aromatic carbocycles. The molecule has 0 radical (unpaired) electrons. The first-order valence-electron chi connectivity index (χ1n) is 10.6. The van der Waals surface area contributed by atoms with Crippen LogP contribution in [0.2, 0.25) is 0 Å². The van der Waals surface area contributed by atoms with Crippen LogP contribution >= 0.6 is 0 Å². The SMILES string of the molecule is CC1CCC(CC2CC(CC3CCC(N)CC3)CCC2N)CC1. The molecule has 3 fully saturated rings. The molecule has 2 heteroatoms.